The van der Waals surface area contributed by atoms with Gasteiger partial charge in [0.15, 0.2) is 6.04 Å². The monoisotopic (exact) mass is 347 g/mol. The highest BCUT2D eigenvalue weighted by Gasteiger charge is 2.37. The van der Waals surface area contributed by atoms with Gasteiger partial charge in [-0.15, -0.1) is 0 Å². The van der Waals surface area contributed by atoms with Gasteiger partial charge in [0.1, 0.15) is 6.10 Å². The molecule has 0 aromatic heterocycles. The van der Waals surface area contributed by atoms with Gasteiger partial charge in [-0.3, -0.25) is 4.79 Å². The first-order valence-electron chi connectivity index (χ1n) is 8.92. The normalized spacial score (nSPS) is 24.4. The molecule has 2 aliphatic heterocycles. The highest BCUT2D eigenvalue weighted by molar-refractivity contribution is 5.87. The predicted molar refractivity (Wildman–Crippen MR) is 91.2 cm³/mol. The van der Waals surface area contributed by atoms with Crippen LogP contribution in [0.3, 0.4) is 0 Å². The predicted octanol–water partition coefficient (Wildman–Crippen LogP) is 2.17. The molecule has 0 aliphatic carbocycles. The van der Waals surface area contributed by atoms with Crippen molar-refractivity contribution >= 4 is 11.9 Å². The van der Waals surface area contributed by atoms with Crippen molar-refractivity contribution < 1.29 is 24.2 Å². The second-order valence-electron chi connectivity index (χ2n) is 6.69. The molecule has 2 heterocycles. The molecule has 25 heavy (non-hydrogen) atoms. The SMILES string of the molecule is CC(OCC1CCCCO1)C(=O)N1CCc2ccccc2C1C(=O)O. The van der Waals surface area contributed by atoms with E-state index in [2.05, 4.69) is 0 Å². The third-order valence-electron chi connectivity index (χ3n) is 4.95. The molecule has 1 saturated heterocycles. The number of nitrogens with zero attached hydrogens (tertiary/aromatic N) is 1. The maximum Gasteiger partial charge on any atom is 0.331 e. The van der Waals surface area contributed by atoms with Gasteiger partial charge < -0.3 is 19.5 Å². The molecule has 0 bridgehead atoms. The molecule has 1 aromatic carbocycles. The number of hydrogen-bond acceptors (Lipinski definition) is 4. The van der Waals surface area contributed by atoms with Gasteiger partial charge in [-0.2, -0.15) is 0 Å². The van der Waals surface area contributed by atoms with E-state index < -0.39 is 18.1 Å². The van der Waals surface area contributed by atoms with E-state index in [1.807, 2.05) is 18.2 Å². The molecule has 3 unspecified atom stereocenters. The van der Waals surface area contributed by atoms with Crippen LogP contribution in [0.15, 0.2) is 24.3 Å². The summed E-state index contributed by atoms with van der Waals surface area (Å²) in [4.78, 5) is 26.0. The van der Waals surface area contributed by atoms with Crippen LogP contribution in [0.2, 0.25) is 0 Å². The first-order valence-corrected chi connectivity index (χ1v) is 8.92. The van der Waals surface area contributed by atoms with Crippen LogP contribution >= 0.6 is 0 Å². The van der Waals surface area contributed by atoms with Crippen molar-refractivity contribution in [3.8, 4) is 0 Å². The maximum absolute atomic E-state index is 12.8. The lowest BCUT2D eigenvalue weighted by atomic mass is 9.92. The van der Waals surface area contributed by atoms with Gasteiger partial charge >= 0.3 is 5.97 Å². The summed E-state index contributed by atoms with van der Waals surface area (Å²) >= 11 is 0. The Morgan fingerprint density at radius 3 is 2.88 bits per heavy atom. The van der Waals surface area contributed by atoms with Crippen molar-refractivity contribution in [1.82, 2.24) is 4.90 Å². The number of carbonyl (C=O) groups excluding carboxylic acids is 1. The maximum atomic E-state index is 12.8. The number of benzene rings is 1. The van der Waals surface area contributed by atoms with Crippen LogP contribution in [0.5, 0.6) is 0 Å². The first kappa shape index (κ1) is 17.9. The number of carbonyl (C=O) groups is 2. The van der Waals surface area contributed by atoms with Gasteiger partial charge in [-0.25, -0.2) is 4.79 Å². The topological polar surface area (TPSA) is 76.1 Å². The number of amides is 1. The molecule has 136 valence electrons. The Morgan fingerprint density at radius 1 is 1.36 bits per heavy atom. The van der Waals surface area contributed by atoms with E-state index >= 15 is 0 Å². The van der Waals surface area contributed by atoms with E-state index in [0.29, 0.717) is 25.1 Å². The van der Waals surface area contributed by atoms with Gasteiger partial charge in [0.05, 0.1) is 12.7 Å². The number of carboxylic acids is 1. The average molecular weight is 347 g/mol. The van der Waals surface area contributed by atoms with Crippen molar-refractivity contribution in [3.05, 3.63) is 35.4 Å². The van der Waals surface area contributed by atoms with E-state index in [9.17, 15) is 14.7 Å². The second-order valence-corrected chi connectivity index (χ2v) is 6.69. The second kappa shape index (κ2) is 7.97. The molecule has 0 spiro atoms. The van der Waals surface area contributed by atoms with Crippen LogP contribution in [-0.2, 0) is 25.5 Å². The fourth-order valence-corrected chi connectivity index (χ4v) is 3.57. The zero-order chi connectivity index (χ0) is 17.8. The molecule has 1 aromatic rings. The van der Waals surface area contributed by atoms with E-state index in [0.717, 1.165) is 31.4 Å². The summed E-state index contributed by atoms with van der Waals surface area (Å²) in [5.74, 6) is -1.29. The van der Waals surface area contributed by atoms with E-state index in [4.69, 9.17) is 9.47 Å². The number of aliphatic carboxylic acids is 1. The van der Waals surface area contributed by atoms with Crippen LogP contribution in [0, 0.1) is 0 Å². The molecule has 3 rings (SSSR count). The summed E-state index contributed by atoms with van der Waals surface area (Å²) in [6.45, 7) is 3.18. The fourth-order valence-electron chi connectivity index (χ4n) is 3.57. The lowest BCUT2D eigenvalue weighted by Crippen LogP contribution is -2.48. The molecule has 1 fully saturated rings. The summed E-state index contributed by atoms with van der Waals surface area (Å²) in [7, 11) is 0. The third-order valence-corrected chi connectivity index (χ3v) is 4.95. The summed E-state index contributed by atoms with van der Waals surface area (Å²) in [5, 5.41) is 9.67. The molecule has 3 atom stereocenters. The van der Waals surface area contributed by atoms with Crippen molar-refractivity contribution in [2.24, 2.45) is 0 Å². The summed E-state index contributed by atoms with van der Waals surface area (Å²) in [5.41, 5.74) is 1.68. The van der Waals surface area contributed by atoms with E-state index in [1.54, 1.807) is 13.0 Å². The summed E-state index contributed by atoms with van der Waals surface area (Å²) in [6, 6.07) is 6.46. The van der Waals surface area contributed by atoms with Crippen LogP contribution < -0.4 is 0 Å². The molecular formula is C19H25NO5. The number of rotatable bonds is 5. The Morgan fingerprint density at radius 2 is 2.16 bits per heavy atom. The minimum Gasteiger partial charge on any atom is -0.479 e. The van der Waals surface area contributed by atoms with Gasteiger partial charge in [-0.1, -0.05) is 24.3 Å². The highest BCUT2D eigenvalue weighted by atomic mass is 16.5. The minimum atomic E-state index is -1.01. The molecule has 0 saturated carbocycles. The van der Waals surface area contributed by atoms with Gasteiger partial charge in [0, 0.05) is 13.2 Å². The first-order chi connectivity index (χ1) is 12.1. The van der Waals surface area contributed by atoms with Crippen molar-refractivity contribution in [2.75, 3.05) is 19.8 Å². The molecular weight excluding hydrogens is 322 g/mol. The van der Waals surface area contributed by atoms with Gasteiger partial charge in [0.25, 0.3) is 5.91 Å². The number of hydrogen-bond donors (Lipinski definition) is 1. The number of carboxylic acid groups (broad SMARTS) is 1. The number of ether oxygens (including phenoxy) is 2. The highest BCUT2D eigenvalue weighted by Crippen LogP contribution is 2.30. The molecule has 1 amide bonds. The Hall–Kier alpha value is -1.92. The van der Waals surface area contributed by atoms with Crippen LogP contribution in [0.4, 0.5) is 0 Å². The van der Waals surface area contributed by atoms with Crippen molar-refractivity contribution in [3.63, 3.8) is 0 Å². The molecule has 2 aliphatic rings. The molecule has 0 radical (unpaired) electrons. The Bertz CT molecular complexity index is 626. The lowest BCUT2D eigenvalue weighted by molar-refractivity contribution is -0.158. The Labute approximate surface area is 147 Å². The lowest BCUT2D eigenvalue weighted by Gasteiger charge is -2.36. The summed E-state index contributed by atoms with van der Waals surface area (Å²) < 4.78 is 11.3. The van der Waals surface area contributed by atoms with Crippen molar-refractivity contribution in [1.29, 1.82) is 0 Å². The van der Waals surface area contributed by atoms with E-state index in [1.165, 1.54) is 4.90 Å². The van der Waals surface area contributed by atoms with Crippen LogP contribution in [0.25, 0.3) is 0 Å². The third kappa shape index (κ3) is 4.02. The van der Waals surface area contributed by atoms with Crippen LogP contribution in [-0.4, -0.2) is 53.8 Å². The van der Waals surface area contributed by atoms with Crippen molar-refractivity contribution in [2.45, 2.75) is 50.9 Å². The van der Waals surface area contributed by atoms with Gasteiger partial charge in [-0.05, 0) is 43.7 Å². The zero-order valence-electron chi connectivity index (χ0n) is 14.5. The number of fused-ring (bicyclic) bond motifs is 1. The molecule has 6 nitrogen and oxygen atoms in total. The van der Waals surface area contributed by atoms with Gasteiger partial charge in [0.2, 0.25) is 0 Å². The smallest absolute Gasteiger partial charge is 0.331 e. The standard InChI is InChI=1S/C19H25NO5/c1-13(25-12-15-7-4-5-11-24-15)18(21)20-10-9-14-6-2-3-8-16(14)17(20)19(22)23/h2-3,6,8,13,15,17H,4-5,7,9-12H2,1H3,(H,22,23). The summed E-state index contributed by atoms with van der Waals surface area (Å²) in [6.07, 6.45) is 3.12. The van der Waals surface area contributed by atoms with E-state index in [-0.39, 0.29) is 12.0 Å². The largest absolute Gasteiger partial charge is 0.479 e. The molecule has 6 heteroatoms. The van der Waals surface area contributed by atoms with Crippen LogP contribution in [0.1, 0.15) is 43.4 Å². The minimum absolute atomic E-state index is 0.0290. The fraction of sp³-hybridized carbons (Fsp3) is 0.579. The Balaban J connectivity index is 1.66. The molecule has 1 N–H and O–H groups in total. The average Bonchev–Trinajstić information content (AvgIpc) is 2.65. The Kier molecular flexibility index (Phi) is 5.71. The quantitative estimate of drug-likeness (QED) is 0.883. The zero-order valence-corrected chi connectivity index (χ0v) is 14.5.